The van der Waals surface area contributed by atoms with E-state index in [4.69, 9.17) is 17.3 Å². The van der Waals surface area contributed by atoms with Gasteiger partial charge in [0.25, 0.3) is 0 Å². The van der Waals surface area contributed by atoms with Crippen molar-refractivity contribution in [2.24, 2.45) is 0 Å². The molecule has 0 fully saturated rings. The zero-order chi connectivity index (χ0) is 12.3. The second-order valence-electron chi connectivity index (χ2n) is 3.57. The van der Waals surface area contributed by atoms with Crippen molar-refractivity contribution in [3.63, 3.8) is 0 Å². The molecule has 1 unspecified atom stereocenters. The zero-order valence-corrected chi connectivity index (χ0v) is 10.9. The molecule has 0 aliphatic rings. The van der Waals surface area contributed by atoms with Gasteiger partial charge in [-0.3, -0.25) is 0 Å². The highest BCUT2D eigenvalue weighted by Gasteiger charge is 2.10. The van der Waals surface area contributed by atoms with E-state index in [1.54, 1.807) is 6.07 Å². The number of aromatic nitrogens is 2. The largest absolute Gasteiger partial charge is 0.384 e. The fraction of sp³-hybridized carbons (Fsp3) is 0.167. The minimum atomic E-state index is 0.258. The maximum atomic E-state index is 5.84. The molecule has 0 spiro atoms. The highest BCUT2D eigenvalue weighted by Crippen LogP contribution is 2.33. The van der Waals surface area contributed by atoms with Crippen molar-refractivity contribution >= 4 is 29.2 Å². The molecule has 0 radical (unpaired) electrons. The summed E-state index contributed by atoms with van der Waals surface area (Å²) in [5.41, 5.74) is 6.85. The van der Waals surface area contributed by atoms with E-state index in [0.717, 1.165) is 0 Å². The van der Waals surface area contributed by atoms with Crippen molar-refractivity contribution in [1.29, 1.82) is 0 Å². The van der Waals surface area contributed by atoms with E-state index in [0.29, 0.717) is 16.1 Å². The Balaban J connectivity index is 2.16. The molecule has 0 saturated heterocycles. The van der Waals surface area contributed by atoms with E-state index in [9.17, 15) is 0 Å². The van der Waals surface area contributed by atoms with Gasteiger partial charge in [-0.25, -0.2) is 9.97 Å². The first-order chi connectivity index (χ1) is 8.15. The van der Waals surface area contributed by atoms with Gasteiger partial charge in [0, 0.05) is 11.3 Å². The van der Waals surface area contributed by atoms with Gasteiger partial charge in [-0.15, -0.1) is 0 Å². The molecule has 2 aromatic rings. The first-order valence-electron chi connectivity index (χ1n) is 5.17. The minimum Gasteiger partial charge on any atom is -0.384 e. The van der Waals surface area contributed by atoms with Crippen LogP contribution in [0.3, 0.4) is 0 Å². The lowest BCUT2D eigenvalue weighted by Crippen LogP contribution is -1.96. The monoisotopic (exact) mass is 265 g/mol. The van der Waals surface area contributed by atoms with Gasteiger partial charge in [0.15, 0.2) is 5.16 Å². The number of anilines is 1. The van der Waals surface area contributed by atoms with Crippen LogP contribution in [0, 0.1) is 0 Å². The predicted octanol–water partition coefficient (Wildman–Crippen LogP) is 3.57. The second-order valence-corrected chi connectivity index (χ2v) is 5.26. The summed E-state index contributed by atoms with van der Waals surface area (Å²) >= 11 is 7.37. The summed E-state index contributed by atoms with van der Waals surface area (Å²) in [6.45, 7) is 2.10. The Labute approximate surface area is 109 Å². The topological polar surface area (TPSA) is 51.8 Å². The van der Waals surface area contributed by atoms with Gasteiger partial charge < -0.3 is 5.73 Å². The summed E-state index contributed by atoms with van der Waals surface area (Å²) in [7, 11) is 0. The predicted molar refractivity (Wildman–Crippen MR) is 72.2 cm³/mol. The fourth-order valence-corrected chi connectivity index (χ4v) is 2.58. The molecule has 1 aromatic heterocycles. The zero-order valence-electron chi connectivity index (χ0n) is 9.30. The van der Waals surface area contributed by atoms with Gasteiger partial charge in [0.1, 0.15) is 11.0 Å². The third-order valence-electron chi connectivity index (χ3n) is 2.25. The van der Waals surface area contributed by atoms with E-state index in [1.165, 1.54) is 17.3 Å². The van der Waals surface area contributed by atoms with Crippen LogP contribution in [0.25, 0.3) is 0 Å². The summed E-state index contributed by atoms with van der Waals surface area (Å²) in [6, 6.07) is 11.7. The number of thioether (sulfide) groups is 1. The highest BCUT2D eigenvalue weighted by atomic mass is 35.5. The summed E-state index contributed by atoms with van der Waals surface area (Å²) in [5, 5.41) is 1.24. The molecule has 1 aromatic carbocycles. The molecule has 0 bridgehead atoms. The molecule has 1 heterocycles. The van der Waals surface area contributed by atoms with Crippen LogP contribution in [-0.4, -0.2) is 9.97 Å². The average Bonchev–Trinajstić information content (AvgIpc) is 2.28. The summed E-state index contributed by atoms with van der Waals surface area (Å²) in [5.74, 6) is 0.396. The lowest BCUT2D eigenvalue weighted by Gasteiger charge is -2.10. The van der Waals surface area contributed by atoms with Crippen LogP contribution < -0.4 is 5.73 Å². The molecule has 88 valence electrons. The second kappa shape index (κ2) is 5.38. The van der Waals surface area contributed by atoms with Crippen LogP contribution in [0.15, 0.2) is 41.6 Å². The number of nitrogens with zero attached hydrogens (tertiary/aromatic N) is 2. The molecule has 1 atom stereocenters. The number of hydrogen-bond acceptors (Lipinski definition) is 4. The number of halogens is 1. The summed E-state index contributed by atoms with van der Waals surface area (Å²) in [6.07, 6.45) is 0. The number of rotatable bonds is 3. The van der Waals surface area contributed by atoms with Crippen LogP contribution in [0.1, 0.15) is 17.7 Å². The van der Waals surface area contributed by atoms with Gasteiger partial charge in [0.2, 0.25) is 0 Å². The van der Waals surface area contributed by atoms with Gasteiger partial charge >= 0.3 is 0 Å². The molecule has 17 heavy (non-hydrogen) atoms. The van der Waals surface area contributed by atoms with Gasteiger partial charge in [-0.2, -0.15) is 0 Å². The Bertz CT molecular complexity index is 484. The third kappa shape index (κ3) is 3.35. The maximum absolute atomic E-state index is 5.84. The van der Waals surface area contributed by atoms with Gasteiger partial charge in [0.05, 0.1) is 0 Å². The Morgan fingerprint density at radius 1 is 1.24 bits per heavy atom. The first-order valence-corrected chi connectivity index (χ1v) is 6.42. The molecule has 0 saturated carbocycles. The van der Waals surface area contributed by atoms with Crippen LogP contribution in [0.5, 0.6) is 0 Å². The van der Waals surface area contributed by atoms with Crippen molar-refractivity contribution in [2.45, 2.75) is 17.3 Å². The molecular weight excluding hydrogens is 254 g/mol. The van der Waals surface area contributed by atoms with E-state index >= 15 is 0 Å². The SMILES string of the molecule is CC(Sc1nc(N)cc(Cl)n1)c1ccccc1. The Kier molecular flexibility index (Phi) is 3.86. The van der Waals surface area contributed by atoms with Crippen molar-refractivity contribution < 1.29 is 0 Å². The Hall–Kier alpha value is -1.26. The number of nitrogen functional groups attached to an aromatic ring is 1. The van der Waals surface area contributed by atoms with Crippen LogP contribution in [-0.2, 0) is 0 Å². The van der Waals surface area contributed by atoms with Crippen LogP contribution in [0.2, 0.25) is 5.15 Å². The summed E-state index contributed by atoms with van der Waals surface area (Å²) < 4.78 is 0. The Morgan fingerprint density at radius 3 is 2.59 bits per heavy atom. The Morgan fingerprint density at radius 2 is 1.94 bits per heavy atom. The minimum absolute atomic E-state index is 0.258. The smallest absolute Gasteiger partial charge is 0.191 e. The average molecular weight is 266 g/mol. The molecular formula is C12H12ClN3S. The lowest BCUT2D eigenvalue weighted by atomic mass is 10.2. The van der Waals surface area contributed by atoms with E-state index in [-0.39, 0.29) is 5.25 Å². The van der Waals surface area contributed by atoms with Crippen molar-refractivity contribution in [1.82, 2.24) is 9.97 Å². The van der Waals surface area contributed by atoms with Gasteiger partial charge in [-0.05, 0) is 12.5 Å². The molecule has 5 heteroatoms. The van der Waals surface area contributed by atoms with Crippen molar-refractivity contribution in [2.75, 3.05) is 5.73 Å². The molecule has 0 aliphatic carbocycles. The standard InChI is InChI=1S/C12H12ClN3S/c1-8(9-5-3-2-4-6-9)17-12-15-10(13)7-11(14)16-12/h2-8H,1H3,(H2,14,15,16). The normalized spacial score (nSPS) is 12.4. The number of nitrogens with two attached hydrogens (primary N) is 1. The maximum Gasteiger partial charge on any atom is 0.191 e. The molecule has 2 rings (SSSR count). The van der Waals surface area contributed by atoms with E-state index < -0.39 is 0 Å². The van der Waals surface area contributed by atoms with E-state index in [2.05, 4.69) is 29.0 Å². The quantitative estimate of drug-likeness (QED) is 0.524. The third-order valence-corrected chi connectivity index (χ3v) is 3.46. The van der Waals surface area contributed by atoms with Crippen molar-refractivity contribution in [3.05, 3.63) is 47.1 Å². The van der Waals surface area contributed by atoms with Crippen LogP contribution in [0.4, 0.5) is 5.82 Å². The molecule has 2 N–H and O–H groups in total. The number of hydrogen-bond donors (Lipinski definition) is 1. The first kappa shape index (κ1) is 12.2. The molecule has 0 aliphatic heterocycles. The molecule has 0 amide bonds. The number of benzene rings is 1. The molecule has 3 nitrogen and oxygen atoms in total. The highest BCUT2D eigenvalue weighted by molar-refractivity contribution is 7.99. The van der Waals surface area contributed by atoms with Gasteiger partial charge in [-0.1, -0.05) is 53.7 Å². The lowest BCUT2D eigenvalue weighted by molar-refractivity contribution is 0.960. The van der Waals surface area contributed by atoms with Crippen molar-refractivity contribution in [3.8, 4) is 0 Å². The summed E-state index contributed by atoms with van der Waals surface area (Å²) in [4.78, 5) is 8.28. The van der Waals surface area contributed by atoms with Crippen LogP contribution >= 0.6 is 23.4 Å². The van der Waals surface area contributed by atoms with E-state index in [1.807, 2.05) is 18.2 Å². The fourth-order valence-electron chi connectivity index (χ4n) is 1.42.